The van der Waals surface area contributed by atoms with Crippen molar-refractivity contribution in [1.29, 1.82) is 0 Å². The van der Waals surface area contributed by atoms with E-state index in [2.05, 4.69) is 78.0 Å². The molecular weight excluding hydrogens is 268 g/mol. The van der Waals surface area contributed by atoms with Crippen LogP contribution >= 0.6 is 0 Å². The molecule has 0 unspecified atom stereocenters. The highest BCUT2D eigenvalue weighted by Gasteiger charge is 2.26. The predicted octanol–water partition coefficient (Wildman–Crippen LogP) is 4.07. The van der Waals surface area contributed by atoms with Gasteiger partial charge in [-0.25, -0.2) is 4.90 Å². The first-order valence-electron chi connectivity index (χ1n) is 8.23. The Balaban J connectivity index is 2.08. The Labute approximate surface area is 133 Å². The van der Waals surface area contributed by atoms with Crippen molar-refractivity contribution in [1.82, 2.24) is 0 Å². The monoisotopic (exact) mass is 293 g/mol. The van der Waals surface area contributed by atoms with Gasteiger partial charge in [0.25, 0.3) is 5.84 Å². The third-order valence-electron chi connectivity index (χ3n) is 4.37. The van der Waals surface area contributed by atoms with Gasteiger partial charge in [-0.05, 0) is 50.5 Å². The molecule has 2 aromatic rings. The minimum absolute atomic E-state index is 1.08. The van der Waals surface area contributed by atoms with Crippen LogP contribution < -0.4 is 4.90 Å². The third-order valence-corrected chi connectivity index (χ3v) is 4.37. The van der Waals surface area contributed by atoms with Crippen molar-refractivity contribution in [2.45, 2.75) is 26.2 Å². The topological polar surface area (TPSA) is 6.25 Å². The van der Waals surface area contributed by atoms with E-state index in [1.54, 1.807) is 0 Å². The Morgan fingerprint density at radius 2 is 1.59 bits per heavy atom. The zero-order valence-electron chi connectivity index (χ0n) is 13.6. The van der Waals surface area contributed by atoms with Gasteiger partial charge in [-0.15, -0.1) is 0 Å². The number of benzene rings is 2. The van der Waals surface area contributed by atoms with Crippen LogP contribution in [0.25, 0.3) is 0 Å². The molecule has 1 heterocycles. The molecule has 1 aliphatic rings. The molecule has 0 N–H and O–H groups in total. The normalized spacial score (nSPS) is 16.4. The van der Waals surface area contributed by atoms with Gasteiger partial charge in [-0.2, -0.15) is 0 Å². The van der Waals surface area contributed by atoms with Gasteiger partial charge in [0, 0.05) is 0 Å². The molecule has 2 heteroatoms. The molecule has 0 saturated heterocycles. The smallest absolute Gasteiger partial charge is 0.264 e. The molecule has 1 aliphatic heterocycles. The Bertz CT molecular complexity index is 641. The van der Waals surface area contributed by atoms with Crippen molar-refractivity contribution in [2.75, 3.05) is 25.0 Å². The molecule has 0 atom stereocenters. The zero-order chi connectivity index (χ0) is 15.4. The van der Waals surface area contributed by atoms with Crippen molar-refractivity contribution in [2.24, 2.45) is 0 Å². The summed E-state index contributed by atoms with van der Waals surface area (Å²) < 4.78 is 2.41. The first-order chi connectivity index (χ1) is 10.8. The molecule has 22 heavy (non-hydrogen) atoms. The maximum atomic E-state index is 2.48. The standard InChI is InChI=1S/C20H25N2/c1-17-11-13-19(14-12-17)22-16-8-4-7-15-21(2)20(22)18-9-5-3-6-10-18/h3,5-6,9-14H,4,7-8,15-16H2,1-2H3/q+1. The van der Waals surface area contributed by atoms with Crippen LogP contribution in [0.3, 0.4) is 0 Å². The summed E-state index contributed by atoms with van der Waals surface area (Å²) in [7, 11) is 2.22. The summed E-state index contributed by atoms with van der Waals surface area (Å²) in [6.45, 7) is 4.34. The number of anilines is 1. The van der Waals surface area contributed by atoms with E-state index in [-0.39, 0.29) is 0 Å². The predicted molar refractivity (Wildman–Crippen MR) is 94.0 cm³/mol. The van der Waals surface area contributed by atoms with Crippen molar-refractivity contribution >= 4 is 11.5 Å². The number of amidine groups is 1. The van der Waals surface area contributed by atoms with Crippen LogP contribution in [0.15, 0.2) is 54.6 Å². The Morgan fingerprint density at radius 1 is 0.864 bits per heavy atom. The van der Waals surface area contributed by atoms with Gasteiger partial charge in [0.05, 0.1) is 25.7 Å². The number of aryl methyl sites for hydroxylation is 1. The molecule has 0 amide bonds. The lowest BCUT2D eigenvalue weighted by atomic mass is 10.1. The van der Waals surface area contributed by atoms with Crippen molar-refractivity contribution < 1.29 is 4.58 Å². The highest BCUT2D eigenvalue weighted by atomic mass is 15.2. The molecule has 0 aliphatic carbocycles. The van der Waals surface area contributed by atoms with Crippen LogP contribution in [-0.4, -0.2) is 30.5 Å². The quantitative estimate of drug-likeness (QED) is 0.756. The molecule has 0 fully saturated rings. The molecule has 0 bridgehead atoms. The number of hydrogen-bond donors (Lipinski definition) is 0. The van der Waals surface area contributed by atoms with Gasteiger partial charge < -0.3 is 0 Å². The number of rotatable bonds is 2. The second-order valence-electron chi connectivity index (χ2n) is 6.16. The first kappa shape index (κ1) is 14.8. The van der Waals surface area contributed by atoms with E-state index in [9.17, 15) is 0 Å². The number of nitrogens with zero attached hydrogens (tertiary/aromatic N) is 2. The summed E-state index contributed by atoms with van der Waals surface area (Å²) in [5, 5.41) is 0. The van der Waals surface area contributed by atoms with Gasteiger partial charge in [0.15, 0.2) is 0 Å². The van der Waals surface area contributed by atoms with Crippen molar-refractivity contribution in [3.05, 3.63) is 65.7 Å². The van der Waals surface area contributed by atoms with E-state index in [0.717, 1.165) is 13.1 Å². The average molecular weight is 293 g/mol. The second-order valence-corrected chi connectivity index (χ2v) is 6.16. The molecule has 0 saturated carbocycles. The largest absolute Gasteiger partial charge is 0.284 e. The Hall–Kier alpha value is -2.09. The molecule has 0 spiro atoms. The summed E-state index contributed by atoms with van der Waals surface area (Å²) in [4.78, 5) is 2.48. The average Bonchev–Trinajstić information content (AvgIpc) is 2.53. The minimum Gasteiger partial charge on any atom is -0.264 e. The first-order valence-corrected chi connectivity index (χ1v) is 8.23. The van der Waals surface area contributed by atoms with Crippen LogP contribution in [0.1, 0.15) is 30.4 Å². The fraction of sp³-hybridized carbons (Fsp3) is 0.350. The summed E-state index contributed by atoms with van der Waals surface area (Å²) in [5.41, 5.74) is 3.90. The van der Waals surface area contributed by atoms with Crippen LogP contribution in [0, 0.1) is 6.92 Å². The summed E-state index contributed by atoms with van der Waals surface area (Å²) >= 11 is 0. The van der Waals surface area contributed by atoms with E-state index in [1.807, 2.05) is 0 Å². The molecule has 114 valence electrons. The van der Waals surface area contributed by atoms with Crippen molar-refractivity contribution in [3.8, 4) is 0 Å². The SMILES string of the molecule is Cc1ccc(N2CCCCC[N+](C)=C2c2ccccc2)cc1. The highest BCUT2D eigenvalue weighted by molar-refractivity contribution is 6.06. The van der Waals surface area contributed by atoms with E-state index < -0.39 is 0 Å². The van der Waals surface area contributed by atoms with Crippen LogP contribution in [0.5, 0.6) is 0 Å². The van der Waals surface area contributed by atoms with Gasteiger partial charge >= 0.3 is 0 Å². The maximum Gasteiger partial charge on any atom is 0.284 e. The molecule has 2 nitrogen and oxygen atoms in total. The zero-order valence-corrected chi connectivity index (χ0v) is 13.6. The molecule has 3 rings (SSSR count). The van der Waals surface area contributed by atoms with E-state index in [4.69, 9.17) is 0 Å². The fourth-order valence-corrected chi connectivity index (χ4v) is 3.15. The lowest BCUT2D eigenvalue weighted by Gasteiger charge is -2.24. The van der Waals surface area contributed by atoms with E-state index in [0.29, 0.717) is 0 Å². The lowest BCUT2D eigenvalue weighted by molar-refractivity contribution is -0.498. The van der Waals surface area contributed by atoms with Crippen LogP contribution in [0.4, 0.5) is 5.69 Å². The van der Waals surface area contributed by atoms with Gasteiger partial charge in [0.1, 0.15) is 5.69 Å². The van der Waals surface area contributed by atoms with E-state index >= 15 is 0 Å². The second kappa shape index (κ2) is 6.78. The maximum absolute atomic E-state index is 2.48. The summed E-state index contributed by atoms with van der Waals surface area (Å²) in [6, 6.07) is 19.7. The van der Waals surface area contributed by atoms with Gasteiger partial charge in [0.2, 0.25) is 0 Å². The third kappa shape index (κ3) is 3.22. The van der Waals surface area contributed by atoms with Gasteiger partial charge in [-0.1, -0.05) is 35.9 Å². The summed E-state index contributed by atoms with van der Waals surface area (Å²) in [6.07, 6.45) is 3.82. The molecular formula is C20H25N2+. The summed E-state index contributed by atoms with van der Waals surface area (Å²) in [5.74, 6) is 1.32. The van der Waals surface area contributed by atoms with Crippen LogP contribution in [-0.2, 0) is 0 Å². The molecule has 0 radical (unpaired) electrons. The number of hydrogen-bond acceptors (Lipinski definition) is 1. The lowest BCUT2D eigenvalue weighted by Crippen LogP contribution is -2.40. The van der Waals surface area contributed by atoms with E-state index in [1.165, 1.54) is 41.9 Å². The van der Waals surface area contributed by atoms with Gasteiger partial charge in [-0.3, -0.25) is 4.58 Å². The fourth-order valence-electron chi connectivity index (χ4n) is 3.15. The molecule has 2 aromatic carbocycles. The Kier molecular flexibility index (Phi) is 4.57. The van der Waals surface area contributed by atoms with Crippen molar-refractivity contribution in [3.63, 3.8) is 0 Å². The Morgan fingerprint density at radius 3 is 2.32 bits per heavy atom. The minimum atomic E-state index is 1.08. The molecule has 0 aromatic heterocycles. The highest BCUT2D eigenvalue weighted by Crippen LogP contribution is 2.21. The van der Waals surface area contributed by atoms with Crippen LogP contribution in [0.2, 0.25) is 0 Å².